The Morgan fingerprint density at radius 3 is 3.09 bits per heavy atom. The van der Waals surface area contributed by atoms with E-state index in [2.05, 4.69) is 15.7 Å². The first-order valence-corrected chi connectivity index (χ1v) is 8.69. The predicted octanol–water partition coefficient (Wildman–Crippen LogP) is 2.85. The lowest BCUT2D eigenvalue weighted by Gasteiger charge is -2.30. The van der Waals surface area contributed by atoms with Crippen molar-refractivity contribution in [3.05, 3.63) is 39.3 Å². The molecular formula is C15H19ClN4O2S. The van der Waals surface area contributed by atoms with Crippen LogP contribution in [0.2, 0.25) is 4.34 Å². The molecule has 23 heavy (non-hydrogen) atoms. The molecule has 124 valence electrons. The summed E-state index contributed by atoms with van der Waals surface area (Å²) in [5, 5.41) is 10.1. The van der Waals surface area contributed by atoms with Crippen molar-refractivity contribution in [3.63, 3.8) is 0 Å². The number of nitrogens with zero attached hydrogens (tertiary/aromatic N) is 2. The van der Waals surface area contributed by atoms with Crippen LogP contribution in [0.5, 0.6) is 0 Å². The molecule has 2 unspecified atom stereocenters. The number of thiophene rings is 1. The van der Waals surface area contributed by atoms with Gasteiger partial charge in [-0.1, -0.05) is 11.6 Å². The van der Waals surface area contributed by atoms with Crippen LogP contribution in [0.4, 0.5) is 4.79 Å². The van der Waals surface area contributed by atoms with Gasteiger partial charge in [0.1, 0.15) is 6.10 Å². The maximum atomic E-state index is 12.0. The summed E-state index contributed by atoms with van der Waals surface area (Å²) in [6, 6.07) is 5.63. The first-order valence-electron chi connectivity index (χ1n) is 7.50. The van der Waals surface area contributed by atoms with E-state index in [1.807, 2.05) is 29.9 Å². The van der Waals surface area contributed by atoms with Gasteiger partial charge in [-0.05, 0) is 31.0 Å². The summed E-state index contributed by atoms with van der Waals surface area (Å²) >= 11 is 7.35. The van der Waals surface area contributed by atoms with Gasteiger partial charge < -0.3 is 15.4 Å². The van der Waals surface area contributed by atoms with Crippen molar-refractivity contribution in [2.75, 3.05) is 6.61 Å². The van der Waals surface area contributed by atoms with Crippen LogP contribution in [-0.2, 0) is 18.3 Å². The molecule has 1 aliphatic heterocycles. The van der Waals surface area contributed by atoms with Crippen molar-refractivity contribution in [3.8, 4) is 0 Å². The van der Waals surface area contributed by atoms with Crippen molar-refractivity contribution in [1.82, 2.24) is 20.4 Å². The van der Waals surface area contributed by atoms with Crippen LogP contribution in [-0.4, -0.2) is 28.5 Å². The SMILES string of the molecule is Cn1nccc1C1CC(NC(=O)NCc2ccc(Cl)s2)CCO1. The largest absolute Gasteiger partial charge is 0.372 e. The van der Waals surface area contributed by atoms with E-state index in [4.69, 9.17) is 16.3 Å². The van der Waals surface area contributed by atoms with E-state index >= 15 is 0 Å². The van der Waals surface area contributed by atoms with Gasteiger partial charge in [0, 0.05) is 30.8 Å². The number of carbonyl (C=O) groups excluding carboxylic acids is 1. The van der Waals surface area contributed by atoms with Crippen LogP contribution in [0.1, 0.15) is 29.5 Å². The molecule has 0 bridgehead atoms. The molecule has 2 aromatic rings. The third kappa shape index (κ3) is 4.25. The van der Waals surface area contributed by atoms with Gasteiger partial charge >= 0.3 is 6.03 Å². The van der Waals surface area contributed by atoms with Crippen LogP contribution in [0.3, 0.4) is 0 Å². The average molecular weight is 355 g/mol. The highest BCUT2D eigenvalue weighted by atomic mass is 35.5. The van der Waals surface area contributed by atoms with E-state index in [0.29, 0.717) is 13.2 Å². The summed E-state index contributed by atoms with van der Waals surface area (Å²) in [6.45, 7) is 1.11. The fourth-order valence-corrected chi connectivity index (χ4v) is 3.71. The summed E-state index contributed by atoms with van der Waals surface area (Å²) in [6.07, 6.45) is 3.29. The molecule has 2 N–H and O–H groups in total. The summed E-state index contributed by atoms with van der Waals surface area (Å²) < 4.78 is 8.34. The number of hydrogen-bond acceptors (Lipinski definition) is 4. The second-order valence-electron chi connectivity index (χ2n) is 5.49. The van der Waals surface area contributed by atoms with Gasteiger partial charge in [0.25, 0.3) is 0 Å². The molecule has 0 aromatic carbocycles. The highest BCUT2D eigenvalue weighted by Crippen LogP contribution is 2.27. The molecular weight excluding hydrogens is 336 g/mol. The van der Waals surface area contributed by atoms with Gasteiger partial charge in [0.05, 0.1) is 16.6 Å². The molecule has 2 amide bonds. The van der Waals surface area contributed by atoms with Gasteiger partial charge in [0.2, 0.25) is 0 Å². The topological polar surface area (TPSA) is 68.2 Å². The summed E-state index contributed by atoms with van der Waals surface area (Å²) in [5.74, 6) is 0. The third-order valence-electron chi connectivity index (χ3n) is 3.86. The standard InChI is InChI=1S/C15H19ClN4O2S/c1-20-12(4-6-18-20)13-8-10(5-7-22-13)19-15(21)17-9-11-2-3-14(16)23-11/h2-4,6,10,13H,5,7-9H2,1H3,(H2,17,19,21). The minimum Gasteiger partial charge on any atom is -0.372 e. The second kappa shape index (κ2) is 7.33. The van der Waals surface area contributed by atoms with Gasteiger partial charge in [-0.15, -0.1) is 11.3 Å². The quantitative estimate of drug-likeness (QED) is 0.887. The van der Waals surface area contributed by atoms with Gasteiger partial charge in [-0.25, -0.2) is 4.79 Å². The number of nitrogens with one attached hydrogen (secondary N) is 2. The van der Waals surface area contributed by atoms with E-state index in [0.717, 1.165) is 27.7 Å². The Morgan fingerprint density at radius 2 is 2.39 bits per heavy atom. The van der Waals surface area contributed by atoms with Crippen molar-refractivity contribution < 1.29 is 9.53 Å². The number of ether oxygens (including phenoxy) is 1. The Labute approximate surface area is 143 Å². The fraction of sp³-hybridized carbons (Fsp3) is 0.467. The second-order valence-corrected chi connectivity index (χ2v) is 7.29. The molecule has 0 saturated carbocycles. The Kier molecular flexibility index (Phi) is 5.20. The lowest BCUT2D eigenvalue weighted by molar-refractivity contribution is -0.00231. The number of halogens is 1. The van der Waals surface area contributed by atoms with Crippen LogP contribution in [0, 0.1) is 0 Å². The van der Waals surface area contributed by atoms with Crippen molar-refractivity contribution >= 4 is 29.0 Å². The predicted molar refractivity (Wildman–Crippen MR) is 89.6 cm³/mol. The highest BCUT2D eigenvalue weighted by Gasteiger charge is 2.26. The summed E-state index contributed by atoms with van der Waals surface area (Å²) in [5.41, 5.74) is 1.03. The van der Waals surface area contributed by atoms with Crippen molar-refractivity contribution in [2.45, 2.75) is 31.5 Å². The van der Waals surface area contributed by atoms with E-state index in [1.165, 1.54) is 11.3 Å². The number of rotatable bonds is 4. The van der Waals surface area contributed by atoms with E-state index < -0.39 is 0 Å². The van der Waals surface area contributed by atoms with Crippen molar-refractivity contribution in [2.24, 2.45) is 7.05 Å². The maximum absolute atomic E-state index is 12.0. The molecule has 0 spiro atoms. The first kappa shape index (κ1) is 16.3. The molecule has 1 aliphatic rings. The molecule has 3 heterocycles. The average Bonchev–Trinajstić information content (AvgIpc) is 3.14. The number of hydrogen-bond donors (Lipinski definition) is 2. The number of urea groups is 1. The first-order chi connectivity index (χ1) is 11.1. The number of aromatic nitrogens is 2. The molecule has 0 aliphatic carbocycles. The van der Waals surface area contributed by atoms with E-state index in [9.17, 15) is 4.79 Å². The normalized spacial score (nSPS) is 21.1. The van der Waals surface area contributed by atoms with Crippen LogP contribution >= 0.6 is 22.9 Å². The molecule has 8 heteroatoms. The Bertz CT molecular complexity index is 672. The van der Waals surface area contributed by atoms with Gasteiger partial charge in [0.15, 0.2) is 0 Å². The number of carbonyl (C=O) groups is 1. The van der Waals surface area contributed by atoms with Crippen molar-refractivity contribution in [1.29, 1.82) is 0 Å². The minimum atomic E-state index is -0.162. The van der Waals surface area contributed by atoms with Crippen LogP contribution < -0.4 is 10.6 Å². The number of amides is 2. The Balaban J connectivity index is 1.49. The molecule has 1 fully saturated rings. The molecule has 1 saturated heterocycles. The van der Waals surface area contributed by atoms with Crippen LogP contribution in [0.25, 0.3) is 0 Å². The number of aryl methyl sites for hydroxylation is 1. The smallest absolute Gasteiger partial charge is 0.315 e. The lowest BCUT2D eigenvalue weighted by atomic mass is 10.0. The van der Waals surface area contributed by atoms with Crippen LogP contribution in [0.15, 0.2) is 24.4 Å². The Hall–Kier alpha value is -1.57. The fourth-order valence-electron chi connectivity index (χ4n) is 2.68. The molecule has 3 rings (SSSR count). The zero-order chi connectivity index (χ0) is 16.2. The monoisotopic (exact) mass is 354 g/mol. The highest BCUT2D eigenvalue weighted by molar-refractivity contribution is 7.16. The maximum Gasteiger partial charge on any atom is 0.315 e. The molecule has 2 atom stereocenters. The van der Waals surface area contributed by atoms with Gasteiger partial charge in [-0.2, -0.15) is 5.10 Å². The summed E-state index contributed by atoms with van der Waals surface area (Å²) in [7, 11) is 1.90. The lowest BCUT2D eigenvalue weighted by Crippen LogP contribution is -2.44. The Morgan fingerprint density at radius 1 is 1.52 bits per heavy atom. The minimum absolute atomic E-state index is 0.0300. The third-order valence-corrected chi connectivity index (χ3v) is 5.09. The van der Waals surface area contributed by atoms with E-state index in [-0.39, 0.29) is 18.2 Å². The summed E-state index contributed by atoms with van der Waals surface area (Å²) in [4.78, 5) is 13.1. The molecule has 6 nitrogen and oxygen atoms in total. The zero-order valence-corrected chi connectivity index (χ0v) is 14.4. The van der Waals surface area contributed by atoms with E-state index in [1.54, 1.807) is 6.20 Å². The zero-order valence-electron chi connectivity index (χ0n) is 12.8. The molecule has 0 radical (unpaired) electrons. The molecule has 2 aromatic heterocycles. The van der Waals surface area contributed by atoms with Gasteiger partial charge in [-0.3, -0.25) is 4.68 Å².